The van der Waals surface area contributed by atoms with Crippen molar-refractivity contribution in [3.05, 3.63) is 12.4 Å². The third kappa shape index (κ3) is 2.53. The number of rotatable bonds is 5. The van der Waals surface area contributed by atoms with Crippen LogP contribution >= 0.6 is 0 Å². The lowest BCUT2D eigenvalue weighted by Crippen LogP contribution is -2.37. The summed E-state index contributed by atoms with van der Waals surface area (Å²) in [7, 11) is 0. The quantitative estimate of drug-likeness (QED) is 0.695. The number of hydrogen-bond donors (Lipinski definition) is 1. The van der Waals surface area contributed by atoms with E-state index in [0.717, 1.165) is 12.8 Å². The SMILES string of the molecule is O=C(Cn1ccnn1)N(CCO)C1CC1. The summed E-state index contributed by atoms with van der Waals surface area (Å²) < 4.78 is 1.50. The number of hydrogen-bond acceptors (Lipinski definition) is 4. The molecule has 1 aliphatic carbocycles. The normalized spacial score (nSPS) is 15.3. The lowest BCUT2D eigenvalue weighted by atomic mass is 10.4. The van der Waals surface area contributed by atoms with Crippen LogP contribution in [-0.4, -0.2) is 50.1 Å². The second kappa shape index (κ2) is 4.39. The van der Waals surface area contributed by atoms with Gasteiger partial charge in [-0.15, -0.1) is 5.10 Å². The lowest BCUT2D eigenvalue weighted by Gasteiger charge is -2.20. The molecule has 1 aromatic heterocycles. The smallest absolute Gasteiger partial charge is 0.244 e. The van der Waals surface area contributed by atoms with E-state index in [1.54, 1.807) is 17.3 Å². The van der Waals surface area contributed by atoms with Crippen LogP contribution in [0.15, 0.2) is 12.4 Å². The van der Waals surface area contributed by atoms with E-state index in [1.807, 2.05) is 0 Å². The molecule has 1 amide bonds. The van der Waals surface area contributed by atoms with E-state index in [2.05, 4.69) is 10.3 Å². The molecule has 0 saturated heterocycles. The van der Waals surface area contributed by atoms with Crippen LogP contribution in [0.25, 0.3) is 0 Å². The van der Waals surface area contributed by atoms with Crippen LogP contribution in [0.3, 0.4) is 0 Å². The zero-order valence-electron chi connectivity index (χ0n) is 8.41. The van der Waals surface area contributed by atoms with Crippen LogP contribution in [0.4, 0.5) is 0 Å². The van der Waals surface area contributed by atoms with Crippen molar-refractivity contribution in [2.24, 2.45) is 0 Å². The molecule has 1 aromatic rings. The highest BCUT2D eigenvalue weighted by atomic mass is 16.3. The van der Waals surface area contributed by atoms with E-state index in [9.17, 15) is 4.79 Å². The molecule has 0 radical (unpaired) electrons. The number of nitrogens with zero attached hydrogens (tertiary/aromatic N) is 4. The highest BCUT2D eigenvalue weighted by molar-refractivity contribution is 5.76. The van der Waals surface area contributed by atoms with Crippen molar-refractivity contribution in [3.63, 3.8) is 0 Å². The van der Waals surface area contributed by atoms with Crippen LogP contribution in [0.5, 0.6) is 0 Å². The molecule has 0 aromatic carbocycles. The van der Waals surface area contributed by atoms with E-state index >= 15 is 0 Å². The van der Waals surface area contributed by atoms with E-state index in [1.165, 1.54) is 4.68 Å². The van der Waals surface area contributed by atoms with Gasteiger partial charge in [0.1, 0.15) is 6.54 Å². The van der Waals surface area contributed by atoms with Crippen molar-refractivity contribution in [1.29, 1.82) is 0 Å². The monoisotopic (exact) mass is 210 g/mol. The largest absolute Gasteiger partial charge is 0.395 e. The van der Waals surface area contributed by atoms with Crippen molar-refractivity contribution >= 4 is 5.91 Å². The van der Waals surface area contributed by atoms with Crippen molar-refractivity contribution < 1.29 is 9.90 Å². The van der Waals surface area contributed by atoms with Gasteiger partial charge in [-0.2, -0.15) is 0 Å². The van der Waals surface area contributed by atoms with E-state index in [4.69, 9.17) is 5.11 Å². The highest BCUT2D eigenvalue weighted by Gasteiger charge is 2.31. The molecule has 0 atom stereocenters. The molecule has 1 aliphatic rings. The molecule has 1 heterocycles. The molecule has 2 rings (SSSR count). The first kappa shape index (κ1) is 10.1. The number of aliphatic hydroxyl groups is 1. The van der Waals surface area contributed by atoms with E-state index in [0.29, 0.717) is 12.6 Å². The topological polar surface area (TPSA) is 71.2 Å². The lowest BCUT2D eigenvalue weighted by molar-refractivity contribution is -0.133. The summed E-state index contributed by atoms with van der Waals surface area (Å²) in [4.78, 5) is 13.5. The Hall–Kier alpha value is -1.43. The second-order valence-corrected chi connectivity index (χ2v) is 3.64. The molecule has 6 nitrogen and oxygen atoms in total. The van der Waals surface area contributed by atoms with Gasteiger partial charge < -0.3 is 10.0 Å². The average Bonchev–Trinajstić information content (AvgIpc) is 2.93. The standard InChI is InChI=1S/C9H14N4O2/c14-6-5-13(8-1-2-8)9(15)7-12-4-3-10-11-12/h3-4,8,14H,1-2,5-7H2. The Balaban J connectivity index is 1.92. The van der Waals surface area contributed by atoms with Crippen LogP contribution < -0.4 is 0 Å². The van der Waals surface area contributed by atoms with Gasteiger partial charge in [-0.05, 0) is 12.8 Å². The van der Waals surface area contributed by atoms with E-state index in [-0.39, 0.29) is 19.1 Å². The predicted octanol–water partition coefficient (Wildman–Crippen LogP) is -0.739. The summed E-state index contributed by atoms with van der Waals surface area (Å²) in [6, 6.07) is 0.327. The number of carbonyl (C=O) groups is 1. The summed E-state index contributed by atoms with van der Waals surface area (Å²) in [5, 5.41) is 16.2. The Kier molecular flexibility index (Phi) is 2.96. The maximum atomic E-state index is 11.8. The zero-order chi connectivity index (χ0) is 10.7. The predicted molar refractivity (Wildman–Crippen MR) is 51.8 cm³/mol. The fourth-order valence-electron chi connectivity index (χ4n) is 1.55. The van der Waals surface area contributed by atoms with Crippen molar-refractivity contribution in [2.45, 2.75) is 25.4 Å². The first-order valence-electron chi connectivity index (χ1n) is 5.05. The number of aliphatic hydroxyl groups excluding tert-OH is 1. The second-order valence-electron chi connectivity index (χ2n) is 3.64. The molecule has 1 saturated carbocycles. The minimum absolute atomic E-state index is 0.00273. The Morgan fingerprint density at radius 2 is 2.40 bits per heavy atom. The first-order chi connectivity index (χ1) is 7.31. The fourth-order valence-corrected chi connectivity index (χ4v) is 1.55. The number of amides is 1. The maximum absolute atomic E-state index is 11.8. The van der Waals surface area contributed by atoms with Gasteiger partial charge in [0.2, 0.25) is 5.91 Å². The Morgan fingerprint density at radius 1 is 1.60 bits per heavy atom. The average molecular weight is 210 g/mol. The van der Waals surface area contributed by atoms with Crippen LogP contribution in [0, 0.1) is 0 Å². The number of aromatic nitrogens is 3. The Labute approximate surface area is 87.5 Å². The summed E-state index contributed by atoms with van der Waals surface area (Å²) in [6.07, 6.45) is 5.29. The van der Waals surface area contributed by atoms with Gasteiger partial charge in [0, 0.05) is 18.8 Å². The first-order valence-corrected chi connectivity index (χ1v) is 5.05. The minimum atomic E-state index is -0.00273. The molecule has 1 N–H and O–H groups in total. The van der Waals surface area contributed by atoms with Gasteiger partial charge in [-0.25, -0.2) is 4.68 Å². The van der Waals surface area contributed by atoms with Gasteiger partial charge in [0.25, 0.3) is 0 Å². The maximum Gasteiger partial charge on any atom is 0.244 e. The fraction of sp³-hybridized carbons (Fsp3) is 0.667. The molecule has 1 fully saturated rings. The number of carbonyl (C=O) groups excluding carboxylic acids is 1. The molecule has 82 valence electrons. The molecule has 0 aliphatic heterocycles. The molecular weight excluding hydrogens is 196 g/mol. The summed E-state index contributed by atoms with van der Waals surface area (Å²) in [5.41, 5.74) is 0. The Morgan fingerprint density at radius 3 is 2.93 bits per heavy atom. The van der Waals surface area contributed by atoms with Gasteiger partial charge in [-0.1, -0.05) is 5.21 Å². The van der Waals surface area contributed by atoms with Crippen LogP contribution in [-0.2, 0) is 11.3 Å². The molecule has 15 heavy (non-hydrogen) atoms. The summed E-state index contributed by atoms with van der Waals surface area (Å²) in [5.74, 6) is -0.00273. The highest BCUT2D eigenvalue weighted by Crippen LogP contribution is 2.26. The molecule has 0 unspecified atom stereocenters. The third-order valence-corrected chi connectivity index (χ3v) is 2.42. The van der Waals surface area contributed by atoms with Gasteiger partial charge in [0.15, 0.2) is 0 Å². The van der Waals surface area contributed by atoms with Crippen molar-refractivity contribution in [1.82, 2.24) is 19.9 Å². The summed E-state index contributed by atoms with van der Waals surface area (Å²) in [6.45, 7) is 0.633. The van der Waals surface area contributed by atoms with Crippen molar-refractivity contribution in [2.75, 3.05) is 13.2 Å². The minimum Gasteiger partial charge on any atom is -0.395 e. The molecular formula is C9H14N4O2. The Bertz CT molecular complexity index is 321. The molecule has 0 bridgehead atoms. The van der Waals surface area contributed by atoms with Gasteiger partial charge in [0.05, 0.1) is 12.8 Å². The molecule has 6 heteroatoms. The molecule has 0 spiro atoms. The zero-order valence-corrected chi connectivity index (χ0v) is 8.41. The van der Waals surface area contributed by atoms with Crippen LogP contribution in [0.1, 0.15) is 12.8 Å². The van der Waals surface area contributed by atoms with Crippen molar-refractivity contribution in [3.8, 4) is 0 Å². The van der Waals surface area contributed by atoms with E-state index < -0.39 is 0 Å². The van der Waals surface area contributed by atoms with Crippen LogP contribution in [0.2, 0.25) is 0 Å². The third-order valence-electron chi connectivity index (χ3n) is 2.42. The van der Waals surface area contributed by atoms with Gasteiger partial charge in [-0.3, -0.25) is 4.79 Å². The van der Waals surface area contributed by atoms with Gasteiger partial charge >= 0.3 is 0 Å². The summed E-state index contributed by atoms with van der Waals surface area (Å²) >= 11 is 0.